The zero-order chi connectivity index (χ0) is 9.98. The van der Waals surface area contributed by atoms with E-state index in [-0.39, 0.29) is 0 Å². The smallest absolute Gasteiger partial charge is 0.101 e. The molecule has 0 saturated heterocycles. The van der Waals surface area contributed by atoms with Crippen LogP contribution in [0.3, 0.4) is 0 Å². The normalized spacial score (nSPS) is 7.50. The lowest BCUT2D eigenvalue weighted by atomic mass is 10.5. The summed E-state index contributed by atoms with van der Waals surface area (Å²) in [6, 6.07) is 3.91. The number of hydrogen-bond acceptors (Lipinski definition) is 1. The Balaban J connectivity index is 0. The van der Waals surface area contributed by atoms with Crippen molar-refractivity contribution in [1.29, 1.82) is 0 Å². The molecule has 0 aromatic carbocycles. The lowest BCUT2D eigenvalue weighted by Crippen LogP contribution is -1.53. The second-order valence-electron chi connectivity index (χ2n) is 2.36. The molecule has 0 radical (unpaired) electrons. The Morgan fingerprint density at radius 3 is 1.33 bits per heavy atom. The molecule has 0 fully saturated rings. The van der Waals surface area contributed by atoms with Crippen LogP contribution in [0.2, 0.25) is 0 Å². The van der Waals surface area contributed by atoms with E-state index in [4.69, 9.17) is 4.42 Å². The van der Waals surface area contributed by atoms with Gasteiger partial charge in [-0.05, 0) is 26.0 Å². The summed E-state index contributed by atoms with van der Waals surface area (Å²) in [5.74, 6) is 1.97. The van der Waals surface area contributed by atoms with Crippen LogP contribution < -0.4 is 0 Å². The van der Waals surface area contributed by atoms with Gasteiger partial charge in [0.2, 0.25) is 0 Å². The average Bonchev–Trinajstić information content (AvgIpc) is 2.40. The molecular formula is C11H22O. The first-order valence-corrected chi connectivity index (χ1v) is 4.73. The van der Waals surface area contributed by atoms with Crippen molar-refractivity contribution >= 4 is 0 Å². The fourth-order valence-electron chi connectivity index (χ4n) is 0.557. The van der Waals surface area contributed by atoms with Gasteiger partial charge in [-0.3, -0.25) is 0 Å². The summed E-state index contributed by atoms with van der Waals surface area (Å²) < 4.78 is 5.08. The molecule has 0 atom stereocenters. The van der Waals surface area contributed by atoms with Gasteiger partial charge in [0.05, 0.1) is 0 Å². The van der Waals surface area contributed by atoms with Gasteiger partial charge in [0.1, 0.15) is 11.5 Å². The van der Waals surface area contributed by atoms with E-state index in [0.717, 1.165) is 11.5 Å². The van der Waals surface area contributed by atoms with E-state index in [1.54, 1.807) is 0 Å². The van der Waals surface area contributed by atoms with Gasteiger partial charge >= 0.3 is 0 Å². The van der Waals surface area contributed by atoms with Crippen LogP contribution in [0, 0.1) is 13.8 Å². The molecule has 0 saturated carbocycles. The van der Waals surface area contributed by atoms with Crippen molar-refractivity contribution in [3.8, 4) is 0 Å². The third kappa shape index (κ3) is 9.28. The largest absolute Gasteiger partial charge is 0.467 e. The molecule has 0 unspecified atom stereocenters. The van der Waals surface area contributed by atoms with Gasteiger partial charge in [0.15, 0.2) is 0 Å². The fourth-order valence-corrected chi connectivity index (χ4v) is 0.557. The molecular weight excluding hydrogens is 148 g/mol. The Labute approximate surface area is 76.8 Å². The molecule has 1 aromatic heterocycles. The predicted molar refractivity (Wildman–Crippen MR) is 55.5 cm³/mol. The summed E-state index contributed by atoms with van der Waals surface area (Å²) in [6.45, 7) is 12.1. The van der Waals surface area contributed by atoms with Crippen LogP contribution in [0.4, 0.5) is 0 Å². The van der Waals surface area contributed by atoms with Crippen molar-refractivity contribution in [2.45, 2.75) is 48.0 Å². The molecule has 1 aromatic rings. The van der Waals surface area contributed by atoms with Gasteiger partial charge in [-0.1, -0.05) is 34.1 Å². The van der Waals surface area contributed by atoms with Crippen molar-refractivity contribution in [3.63, 3.8) is 0 Å². The van der Waals surface area contributed by atoms with Crippen LogP contribution >= 0.6 is 0 Å². The molecule has 1 heterocycles. The van der Waals surface area contributed by atoms with E-state index in [1.165, 1.54) is 6.42 Å². The molecule has 0 aliphatic heterocycles. The molecule has 1 heteroatoms. The van der Waals surface area contributed by atoms with E-state index >= 15 is 0 Å². The lowest BCUT2D eigenvalue weighted by molar-refractivity contribution is 0.504. The summed E-state index contributed by atoms with van der Waals surface area (Å²) in [7, 11) is 0. The van der Waals surface area contributed by atoms with Crippen LogP contribution in [-0.4, -0.2) is 0 Å². The maximum atomic E-state index is 5.08. The first-order valence-electron chi connectivity index (χ1n) is 4.73. The molecule has 0 aliphatic rings. The number of rotatable bonds is 0. The molecule has 0 bridgehead atoms. The van der Waals surface area contributed by atoms with Gasteiger partial charge < -0.3 is 4.42 Å². The topological polar surface area (TPSA) is 13.1 Å². The second kappa shape index (κ2) is 10.3. The van der Waals surface area contributed by atoms with Crippen molar-refractivity contribution in [1.82, 2.24) is 0 Å². The third-order valence-electron chi connectivity index (χ3n) is 0.875. The van der Waals surface area contributed by atoms with Crippen LogP contribution in [0.15, 0.2) is 16.5 Å². The number of aryl methyl sites for hydroxylation is 2. The summed E-state index contributed by atoms with van der Waals surface area (Å²) in [4.78, 5) is 0. The van der Waals surface area contributed by atoms with Gasteiger partial charge in [0.25, 0.3) is 0 Å². The molecule has 1 rings (SSSR count). The Kier molecular flexibility index (Phi) is 11.9. The Morgan fingerprint density at radius 1 is 1.00 bits per heavy atom. The highest BCUT2D eigenvalue weighted by Gasteiger charge is 1.85. The molecule has 0 aliphatic carbocycles. The maximum absolute atomic E-state index is 5.08. The fraction of sp³-hybridized carbons (Fsp3) is 0.636. The minimum Gasteiger partial charge on any atom is -0.467 e. The van der Waals surface area contributed by atoms with Crippen LogP contribution in [-0.2, 0) is 0 Å². The zero-order valence-electron chi connectivity index (χ0n) is 9.27. The molecule has 0 amide bonds. The van der Waals surface area contributed by atoms with E-state index < -0.39 is 0 Å². The van der Waals surface area contributed by atoms with Gasteiger partial charge in [-0.2, -0.15) is 0 Å². The Morgan fingerprint density at radius 2 is 1.25 bits per heavy atom. The molecule has 1 nitrogen and oxygen atoms in total. The second-order valence-corrected chi connectivity index (χ2v) is 2.36. The van der Waals surface area contributed by atoms with E-state index in [0.29, 0.717) is 0 Å². The molecule has 0 spiro atoms. The summed E-state index contributed by atoms with van der Waals surface area (Å²) in [6.07, 6.45) is 1.25. The Hall–Kier alpha value is -0.720. The number of hydrogen-bond donors (Lipinski definition) is 0. The minimum absolute atomic E-state index is 0.984. The summed E-state index contributed by atoms with van der Waals surface area (Å²) >= 11 is 0. The van der Waals surface area contributed by atoms with Crippen LogP contribution in [0.5, 0.6) is 0 Å². The monoisotopic (exact) mass is 170 g/mol. The zero-order valence-corrected chi connectivity index (χ0v) is 9.27. The standard InChI is InChI=1S/C6H8O.C3H8.C2H6/c1-5-3-4-6(2)7-5;1-3-2;1-2/h3-4H,1-2H3;3H2,1-2H3;1-2H3. The third-order valence-corrected chi connectivity index (χ3v) is 0.875. The lowest BCUT2D eigenvalue weighted by Gasteiger charge is -1.76. The van der Waals surface area contributed by atoms with Crippen molar-refractivity contribution in [2.24, 2.45) is 0 Å². The first-order chi connectivity index (χ1) is 5.70. The Bertz CT molecular complexity index is 149. The molecule has 12 heavy (non-hydrogen) atoms. The maximum Gasteiger partial charge on any atom is 0.101 e. The molecule has 72 valence electrons. The van der Waals surface area contributed by atoms with Gasteiger partial charge in [0, 0.05) is 0 Å². The highest BCUT2D eigenvalue weighted by atomic mass is 16.3. The SMILES string of the molecule is CC.CCC.Cc1ccc(C)o1. The quantitative estimate of drug-likeness (QED) is 0.564. The van der Waals surface area contributed by atoms with Crippen LogP contribution in [0.1, 0.15) is 45.6 Å². The number of furan rings is 1. The van der Waals surface area contributed by atoms with Crippen molar-refractivity contribution < 1.29 is 4.42 Å². The van der Waals surface area contributed by atoms with Crippen molar-refractivity contribution in [3.05, 3.63) is 23.7 Å². The predicted octanol–water partition coefficient (Wildman–Crippen LogP) is 4.34. The summed E-state index contributed by atoms with van der Waals surface area (Å²) in [5, 5.41) is 0. The highest BCUT2D eigenvalue weighted by Crippen LogP contribution is 2.02. The highest BCUT2D eigenvalue weighted by molar-refractivity contribution is 5.02. The average molecular weight is 170 g/mol. The van der Waals surface area contributed by atoms with Gasteiger partial charge in [-0.15, -0.1) is 0 Å². The minimum atomic E-state index is 0.984. The summed E-state index contributed by atoms with van der Waals surface area (Å²) in [5.41, 5.74) is 0. The van der Waals surface area contributed by atoms with E-state index in [9.17, 15) is 0 Å². The molecule has 0 N–H and O–H groups in total. The van der Waals surface area contributed by atoms with E-state index in [2.05, 4.69) is 13.8 Å². The van der Waals surface area contributed by atoms with Gasteiger partial charge in [-0.25, -0.2) is 0 Å². The first kappa shape index (κ1) is 13.8. The van der Waals surface area contributed by atoms with Crippen molar-refractivity contribution in [2.75, 3.05) is 0 Å². The van der Waals surface area contributed by atoms with Crippen LogP contribution in [0.25, 0.3) is 0 Å². The van der Waals surface area contributed by atoms with E-state index in [1.807, 2.05) is 39.8 Å².